The van der Waals surface area contributed by atoms with Crippen LogP contribution in [0.15, 0.2) is 24.3 Å². The van der Waals surface area contributed by atoms with Crippen molar-refractivity contribution in [3.8, 4) is 0 Å². The third kappa shape index (κ3) is 4.67. The molecule has 5 nitrogen and oxygen atoms in total. The fourth-order valence-electron chi connectivity index (χ4n) is 1.77. The lowest BCUT2D eigenvalue weighted by Crippen LogP contribution is -2.44. The SMILES string of the molecule is CC[C@@H](NS(=O)(=O)N(C)C)[C@@H](O)c1ccc(C(F)(F)F)cc1. The van der Waals surface area contributed by atoms with Gasteiger partial charge in [-0.3, -0.25) is 0 Å². The lowest BCUT2D eigenvalue weighted by atomic mass is 10.00. The molecule has 0 bridgehead atoms. The van der Waals surface area contributed by atoms with Crippen LogP contribution in [-0.4, -0.2) is 38.0 Å². The highest BCUT2D eigenvalue weighted by atomic mass is 32.2. The Hall–Kier alpha value is -1.16. The van der Waals surface area contributed by atoms with Crippen molar-refractivity contribution in [1.29, 1.82) is 0 Å². The number of benzene rings is 1. The van der Waals surface area contributed by atoms with Crippen molar-refractivity contribution in [1.82, 2.24) is 9.03 Å². The summed E-state index contributed by atoms with van der Waals surface area (Å²) in [4.78, 5) is 0. The molecule has 9 heteroatoms. The normalized spacial score (nSPS) is 15.8. The van der Waals surface area contributed by atoms with E-state index in [9.17, 15) is 26.7 Å². The second-order valence-corrected chi connectivity index (χ2v) is 6.90. The molecule has 0 fully saturated rings. The summed E-state index contributed by atoms with van der Waals surface area (Å²) in [7, 11) is -1.08. The van der Waals surface area contributed by atoms with E-state index in [0.29, 0.717) is 0 Å². The van der Waals surface area contributed by atoms with Crippen LogP contribution in [-0.2, 0) is 16.4 Å². The number of nitrogens with zero attached hydrogens (tertiary/aromatic N) is 1. The van der Waals surface area contributed by atoms with Gasteiger partial charge < -0.3 is 5.11 Å². The molecule has 126 valence electrons. The highest BCUT2D eigenvalue weighted by molar-refractivity contribution is 7.87. The quantitative estimate of drug-likeness (QED) is 0.831. The molecule has 1 aromatic carbocycles. The van der Waals surface area contributed by atoms with Crippen molar-refractivity contribution < 1.29 is 26.7 Å². The Bertz CT molecular complexity index is 586. The van der Waals surface area contributed by atoms with Crippen LogP contribution in [0.1, 0.15) is 30.6 Å². The molecule has 2 atom stereocenters. The Morgan fingerprint density at radius 2 is 1.73 bits per heavy atom. The molecule has 0 saturated heterocycles. The summed E-state index contributed by atoms with van der Waals surface area (Å²) in [5.41, 5.74) is -0.619. The summed E-state index contributed by atoms with van der Waals surface area (Å²) in [5.74, 6) is 0. The minimum atomic E-state index is -4.46. The minimum Gasteiger partial charge on any atom is -0.387 e. The molecular formula is C13H19F3N2O3S. The van der Waals surface area contributed by atoms with Gasteiger partial charge in [-0.15, -0.1) is 0 Å². The van der Waals surface area contributed by atoms with Crippen LogP contribution in [0.3, 0.4) is 0 Å². The molecule has 2 N–H and O–H groups in total. The van der Waals surface area contributed by atoms with Crippen LogP contribution in [0.4, 0.5) is 13.2 Å². The Morgan fingerprint density at radius 1 is 1.23 bits per heavy atom. The monoisotopic (exact) mass is 340 g/mol. The molecular weight excluding hydrogens is 321 g/mol. The number of hydrogen-bond acceptors (Lipinski definition) is 3. The van der Waals surface area contributed by atoms with Crippen molar-refractivity contribution in [3.05, 3.63) is 35.4 Å². The Labute approximate surface area is 127 Å². The van der Waals surface area contributed by atoms with E-state index in [-0.39, 0.29) is 12.0 Å². The molecule has 0 spiro atoms. The van der Waals surface area contributed by atoms with E-state index in [2.05, 4.69) is 4.72 Å². The number of halogens is 3. The Balaban J connectivity index is 2.95. The zero-order chi connectivity index (χ0) is 17.1. The van der Waals surface area contributed by atoms with Gasteiger partial charge >= 0.3 is 6.18 Å². The van der Waals surface area contributed by atoms with Crippen LogP contribution < -0.4 is 4.72 Å². The predicted molar refractivity (Wildman–Crippen MR) is 76.2 cm³/mol. The van der Waals surface area contributed by atoms with Crippen molar-refractivity contribution in [3.63, 3.8) is 0 Å². The van der Waals surface area contributed by atoms with E-state index in [4.69, 9.17) is 0 Å². The molecule has 0 amide bonds. The molecule has 0 radical (unpaired) electrons. The highest BCUT2D eigenvalue weighted by Crippen LogP contribution is 2.30. The third-order valence-electron chi connectivity index (χ3n) is 3.18. The second kappa shape index (κ2) is 6.95. The molecule has 1 rings (SSSR count). The lowest BCUT2D eigenvalue weighted by Gasteiger charge is -2.25. The maximum Gasteiger partial charge on any atom is 0.416 e. The molecule has 0 unspecified atom stereocenters. The van der Waals surface area contributed by atoms with E-state index < -0.39 is 34.1 Å². The second-order valence-electron chi connectivity index (χ2n) is 4.98. The summed E-state index contributed by atoms with van der Waals surface area (Å²) < 4.78 is 64.3. The smallest absolute Gasteiger partial charge is 0.387 e. The van der Waals surface area contributed by atoms with Gasteiger partial charge in [0, 0.05) is 14.1 Å². The first-order valence-electron chi connectivity index (χ1n) is 6.54. The van der Waals surface area contributed by atoms with Crippen molar-refractivity contribution in [2.75, 3.05) is 14.1 Å². The number of aliphatic hydroxyl groups is 1. The number of alkyl halides is 3. The topological polar surface area (TPSA) is 69.6 Å². The van der Waals surface area contributed by atoms with Gasteiger partial charge in [0.05, 0.1) is 17.7 Å². The fourth-order valence-corrected chi connectivity index (χ4v) is 2.66. The maximum absolute atomic E-state index is 12.5. The molecule has 0 aromatic heterocycles. The van der Waals surface area contributed by atoms with E-state index >= 15 is 0 Å². The van der Waals surface area contributed by atoms with Gasteiger partial charge in [0.15, 0.2) is 0 Å². The predicted octanol–water partition coefficient (Wildman–Crippen LogP) is 1.91. The minimum absolute atomic E-state index is 0.210. The first-order chi connectivity index (χ1) is 9.99. The highest BCUT2D eigenvalue weighted by Gasteiger charge is 2.31. The average molecular weight is 340 g/mol. The Kier molecular flexibility index (Phi) is 5.96. The molecule has 1 aromatic rings. The number of hydrogen-bond donors (Lipinski definition) is 2. The largest absolute Gasteiger partial charge is 0.416 e. The van der Waals surface area contributed by atoms with Crippen LogP contribution in [0.5, 0.6) is 0 Å². The van der Waals surface area contributed by atoms with Gasteiger partial charge in [0.2, 0.25) is 0 Å². The van der Waals surface area contributed by atoms with Crippen LogP contribution in [0.2, 0.25) is 0 Å². The van der Waals surface area contributed by atoms with Crippen LogP contribution >= 0.6 is 0 Å². The van der Waals surface area contributed by atoms with Gasteiger partial charge in [-0.05, 0) is 24.1 Å². The number of aliphatic hydroxyl groups excluding tert-OH is 1. The van der Waals surface area contributed by atoms with Gasteiger partial charge in [-0.25, -0.2) is 0 Å². The molecule has 0 aliphatic heterocycles. The molecule has 0 aliphatic rings. The Morgan fingerprint density at radius 3 is 2.09 bits per heavy atom. The fraction of sp³-hybridized carbons (Fsp3) is 0.538. The van der Waals surface area contributed by atoms with Gasteiger partial charge in [-0.1, -0.05) is 19.1 Å². The zero-order valence-corrected chi connectivity index (χ0v) is 13.2. The van der Waals surface area contributed by atoms with Gasteiger partial charge in [-0.2, -0.15) is 30.6 Å². The van der Waals surface area contributed by atoms with Crippen molar-refractivity contribution >= 4 is 10.2 Å². The van der Waals surface area contributed by atoms with Crippen LogP contribution in [0, 0.1) is 0 Å². The molecule has 22 heavy (non-hydrogen) atoms. The summed E-state index contributed by atoms with van der Waals surface area (Å²) in [6.07, 6.45) is -5.43. The summed E-state index contributed by atoms with van der Waals surface area (Å²) >= 11 is 0. The van der Waals surface area contributed by atoms with E-state index in [0.717, 1.165) is 28.6 Å². The van der Waals surface area contributed by atoms with E-state index in [1.807, 2.05) is 0 Å². The third-order valence-corrected chi connectivity index (χ3v) is 4.74. The summed E-state index contributed by atoms with van der Waals surface area (Å²) in [6.45, 7) is 1.66. The van der Waals surface area contributed by atoms with Crippen molar-refractivity contribution in [2.24, 2.45) is 0 Å². The van der Waals surface area contributed by atoms with E-state index in [1.165, 1.54) is 14.1 Å². The van der Waals surface area contributed by atoms with Crippen molar-refractivity contribution in [2.45, 2.75) is 31.7 Å². The maximum atomic E-state index is 12.5. The molecule has 0 heterocycles. The first kappa shape index (κ1) is 18.9. The van der Waals surface area contributed by atoms with Gasteiger partial charge in [0.25, 0.3) is 10.2 Å². The standard InChI is InChI=1S/C13H19F3N2O3S/c1-4-11(17-22(20,21)18(2)3)12(19)9-5-7-10(8-6-9)13(14,15)16/h5-8,11-12,17,19H,4H2,1-3H3/t11-,12+/m1/s1. The van der Waals surface area contributed by atoms with Crippen LogP contribution in [0.25, 0.3) is 0 Å². The molecule has 0 saturated carbocycles. The van der Waals surface area contributed by atoms with Gasteiger partial charge in [0.1, 0.15) is 0 Å². The number of nitrogens with one attached hydrogen (secondary N) is 1. The lowest BCUT2D eigenvalue weighted by molar-refractivity contribution is -0.137. The number of rotatable bonds is 6. The summed E-state index contributed by atoms with van der Waals surface area (Å²) in [5, 5.41) is 10.2. The zero-order valence-electron chi connectivity index (χ0n) is 12.4. The summed E-state index contributed by atoms with van der Waals surface area (Å²) in [6, 6.07) is 3.14. The molecule has 0 aliphatic carbocycles. The van der Waals surface area contributed by atoms with E-state index in [1.54, 1.807) is 6.92 Å². The first-order valence-corrected chi connectivity index (χ1v) is 7.98. The average Bonchev–Trinajstić information content (AvgIpc) is 2.43.